The van der Waals surface area contributed by atoms with Gasteiger partial charge in [-0.3, -0.25) is 0 Å². The molecule has 9 heavy (non-hydrogen) atoms. The van der Waals surface area contributed by atoms with Crippen molar-refractivity contribution in [1.82, 2.24) is 0 Å². The van der Waals surface area contributed by atoms with Crippen molar-refractivity contribution in [3.63, 3.8) is 0 Å². The second-order valence-corrected chi connectivity index (χ2v) is 2.22. The zero-order valence-corrected chi connectivity index (χ0v) is 5.77. The van der Waals surface area contributed by atoms with Crippen LogP contribution in [0.4, 0.5) is 13.2 Å². The Morgan fingerprint density at radius 1 is 1.22 bits per heavy atom. The van der Waals surface area contributed by atoms with E-state index in [1.807, 2.05) is 0 Å². The average molecular weight is 159 g/mol. The minimum atomic E-state index is -4.27. The Kier molecular flexibility index (Phi) is 2.55. The summed E-state index contributed by atoms with van der Waals surface area (Å²) in [6, 6.07) is 0. The van der Waals surface area contributed by atoms with Gasteiger partial charge in [0, 0.05) is 10.6 Å². The summed E-state index contributed by atoms with van der Waals surface area (Å²) in [6.45, 7) is 2.16. The molecule has 0 aliphatic carbocycles. The average Bonchev–Trinajstić information content (AvgIpc) is 1.62. The molecule has 0 spiro atoms. The van der Waals surface area contributed by atoms with E-state index in [2.05, 4.69) is 0 Å². The van der Waals surface area contributed by atoms with Crippen LogP contribution < -0.4 is 0 Å². The van der Waals surface area contributed by atoms with Crippen LogP contribution in [0.5, 0.6) is 0 Å². The third-order valence-corrected chi connectivity index (χ3v) is 1.23. The first-order chi connectivity index (χ1) is 3.85. The van der Waals surface area contributed by atoms with Crippen molar-refractivity contribution in [1.29, 1.82) is 0 Å². The first-order valence-electron chi connectivity index (χ1n) is 2.26. The van der Waals surface area contributed by atoms with Crippen molar-refractivity contribution >= 4 is 11.6 Å². The Labute approximate surface area is 56.3 Å². The van der Waals surface area contributed by atoms with Gasteiger partial charge in [-0.15, -0.1) is 0 Å². The molecule has 0 fully saturated rings. The predicted molar refractivity (Wildman–Crippen MR) is 30.3 cm³/mol. The van der Waals surface area contributed by atoms with Crippen LogP contribution in [0, 0.1) is 0 Å². The van der Waals surface area contributed by atoms with E-state index >= 15 is 0 Å². The van der Waals surface area contributed by atoms with Crippen LogP contribution in [0.2, 0.25) is 0 Å². The van der Waals surface area contributed by atoms with Crippen LogP contribution in [-0.2, 0) is 0 Å². The third-order valence-electron chi connectivity index (χ3n) is 0.942. The van der Waals surface area contributed by atoms with Crippen LogP contribution in [0.3, 0.4) is 0 Å². The predicted octanol–water partition coefficient (Wildman–Crippen LogP) is 3.08. The van der Waals surface area contributed by atoms with Crippen LogP contribution in [-0.4, -0.2) is 6.18 Å². The monoisotopic (exact) mass is 158 g/mol. The van der Waals surface area contributed by atoms with Crippen LogP contribution in [0.1, 0.15) is 13.8 Å². The van der Waals surface area contributed by atoms with Gasteiger partial charge in [-0.25, -0.2) is 0 Å². The highest BCUT2D eigenvalue weighted by molar-refractivity contribution is 6.29. The Morgan fingerprint density at radius 2 is 1.56 bits per heavy atom. The molecule has 0 radical (unpaired) electrons. The van der Waals surface area contributed by atoms with Crippen LogP contribution in [0.25, 0.3) is 0 Å². The van der Waals surface area contributed by atoms with E-state index in [-0.39, 0.29) is 5.03 Å². The summed E-state index contributed by atoms with van der Waals surface area (Å²) in [6.07, 6.45) is -4.27. The molecule has 0 nitrogen and oxygen atoms in total. The standard InChI is InChI=1S/C5H6ClF3/c1-3(4(2)6)5(7,8)9/h1-2H3/b4-3-. The van der Waals surface area contributed by atoms with Gasteiger partial charge < -0.3 is 0 Å². The van der Waals surface area contributed by atoms with Crippen molar-refractivity contribution in [3.05, 3.63) is 10.6 Å². The quantitative estimate of drug-likeness (QED) is 0.508. The molecule has 0 heterocycles. The SMILES string of the molecule is C/C(Cl)=C(\C)C(F)(F)F. The molecule has 0 rings (SSSR count). The summed E-state index contributed by atoms with van der Waals surface area (Å²) in [5, 5.41) is -0.206. The van der Waals surface area contributed by atoms with Crippen molar-refractivity contribution < 1.29 is 13.2 Å². The number of allylic oxidation sites excluding steroid dienone is 2. The van der Waals surface area contributed by atoms with Gasteiger partial charge in [-0.2, -0.15) is 13.2 Å². The number of alkyl halides is 3. The molecule has 0 amide bonds. The molecule has 0 atom stereocenters. The first kappa shape index (κ1) is 8.82. The highest BCUT2D eigenvalue weighted by atomic mass is 35.5. The minimum absolute atomic E-state index is 0.206. The van der Waals surface area contributed by atoms with Gasteiger partial charge in [0.1, 0.15) is 0 Å². The number of hydrogen-bond donors (Lipinski definition) is 0. The zero-order chi connectivity index (χ0) is 7.65. The summed E-state index contributed by atoms with van der Waals surface area (Å²) in [5.74, 6) is 0. The maximum absolute atomic E-state index is 11.6. The second-order valence-electron chi connectivity index (χ2n) is 1.66. The van der Waals surface area contributed by atoms with E-state index in [1.165, 1.54) is 6.92 Å². The summed E-state index contributed by atoms with van der Waals surface area (Å²) in [5.41, 5.74) is -0.732. The molecule has 0 aromatic heterocycles. The van der Waals surface area contributed by atoms with E-state index in [0.717, 1.165) is 6.92 Å². The van der Waals surface area contributed by atoms with Crippen molar-refractivity contribution in [2.75, 3.05) is 0 Å². The molecule has 0 aliphatic heterocycles. The molecule has 0 aromatic carbocycles. The Bertz CT molecular complexity index is 130. The summed E-state index contributed by atoms with van der Waals surface area (Å²) in [7, 11) is 0. The molecular formula is C5H6ClF3. The summed E-state index contributed by atoms with van der Waals surface area (Å²) in [4.78, 5) is 0. The van der Waals surface area contributed by atoms with Crippen LogP contribution >= 0.6 is 11.6 Å². The van der Waals surface area contributed by atoms with Crippen LogP contribution in [0.15, 0.2) is 10.6 Å². The first-order valence-corrected chi connectivity index (χ1v) is 2.63. The van der Waals surface area contributed by atoms with Crippen molar-refractivity contribution in [2.45, 2.75) is 20.0 Å². The van der Waals surface area contributed by atoms with E-state index < -0.39 is 11.7 Å². The lowest BCUT2D eigenvalue weighted by atomic mass is 10.3. The molecule has 4 heteroatoms. The Balaban J connectivity index is 4.40. The lowest BCUT2D eigenvalue weighted by Gasteiger charge is -2.05. The minimum Gasteiger partial charge on any atom is -0.166 e. The maximum atomic E-state index is 11.6. The van der Waals surface area contributed by atoms with Gasteiger partial charge in [0.15, 0.2) is 0 Å². The van der Waals surface area contributed by atoms with Gasteiger partial charge in [-0.1, -0.05) is 11.6 Å². The molecule has 0 aliphatic rings. The lowest BCUT2D eigenvalue weighted by molar-refractivity contribution is -0.0917. The van der Waals surface area contributed by atoms with E-state index in [1.54, 1.807) is 0 Å². The summed E-state index contributed by atoms with van der Waals surface area (Å²) >= 11 is 5.07. The molecule has 54 valence electrons. The molecule has 0 unspecified atom stereocenters. The largest absolute Gasteiger partial charge is 0.413 e. The van der Waals surface area contributed by atoms with E-state index in [9.17, 15) is 13.2 Å². The van der Waals surface area contributed by atoms with Gasteiger partial charge in [0.25, 0.3) is 0 Å². The zero-order valence-electron chi connectivity index (χ0n) is 5.01. The number of hydrogen-bond acceptors (Lipinski definition) is 0. The molecule has 0 N–H and O–H groups in total. The second kappa shape index (κ2) is 2.60. The maximum Gasteiger partial charge on any atom is 0.413 e. The van der Waals surface area contributed by atoms with E-state index in [4.69, 9.17) is 11.6 Å². The van der Waals surface area contributed by atoms with Gasteiger partial charge in [0.2, 0.25) is 0 Å². The molecule has 0 saturated carbocycles. The molecule has 0 aromatic rings. The lowest BCUT2D eigenvalue weighted by Crippen LogP contribution is -2.09. The van der Waals surface area contributed by atoms with Crippen molar-refractivity contribution in [2.24, 2.45) is 0 Å². The molecule has 0 bridgehead atoms. The highest BCUT2D eigenvalue weighted by Gasteiger charge is 2.31. The third kappa shape index (κ3) is 2.75. The normalized spacial score (nSPS) is 15.3. The Hall–Kier alpha value is -0.180. The number of rotatable bonds is 0. The smallest absolute Gasteiger partial charge is 0.166 e. The fourth-order valence-electron chi connectivity index (χ4n) is 0.195. The van der Waals surface area contributed by atoms with Gasteiger partial charge in [-0.05, 0) is 13.8 Å². The highest BCUT2D eigenvalue weighted by Crippen LogP contribution is 2.28. The number of halogens is 4. The van der Waals surface area contributed by atoms with Gasteiger partial charge >= 0.3 is 6.18 Å². The molecule has 0 saturated heterocycles. The summed E-state index contributed by atoms with van der Waals surface area (Å²) < 4.78 is 34.7. The van der Waals surface area contributed by atoms with Gasteiger partial charge in [0.05, 0.1) is 0 Å². The molecular weight excluding hydrogens is 153 g/mol. The van der Waals surface area contributed by atoms with Crippen molar-refractivity contribution in [3.8, 4) is 0 Å². The topological polar surface area (TPSA) is 0 Å². The Morgan fingerprint density at radius 3 is 1.56 bits per heavy atom. The fraction of sp³-hybridized carbons (Fsp3) is 0.600. The van der Waals surface area contributed by atoms with E-state index in [0.29, 0.717) is 0 Å². The fourth-order valence-corrected chi connectivity index (χ4v) is 0.302.